The van der Waals surface area contributed by atoms with Gasteiger partial charge in [0.05, 0.1) is 0 Å². The van der Waals surface area contributed by atoms with Crippen LogP contribution in [0.25, 0.3) is 0 Å². The van der Waals surface area contributed by atoms with Crippen LogP contribution in [0, 0.1) is 0 Å². The zero-order valence-electron chi connectivity index (χ0n) is 4.32. The van der Waals surface area contributed by atoms with E-state index in [1.165, 1.54) is 0 Å². The van der Waals surface area contributed by atoms with E-state index in [0.717, 1.165) is 0 Å². The van der Waals surface area contributed by atoms with E-state index in [9.17, 15) is 0 Å². The van der Waals surface area contributed by atoms with Crippen LogP contribution in [-0.2, 0) is 35.7 Å². The topological polar surface area (TPSA) is 114 Å². The van der Waals surface area contributed by atoms with Crippen molar-refractivity contribution in [2.45, 2.75) is 0 Å². The molecule has 0 aromatic heterocycles. The Labute approximate surface area is 82.8 Å². The molecule has 0 saturated carbocycles. The van der Waals surface area contributed by atoms with E-state index < -0.39 is 18.7 Å². The molecule has 0 aromatic carbocycles. The standard InChI is InChI=1S/2ClHO3S.Cu/c2*1-5(2,3)4;/h2*(H,2,3,4);/q;;+2/p-2. The van der Waals surface area contributed by atoms with Gasteiger partial charge in [0, 0.05) is 21.4 Å². The Morgan fingerprint density at radius 1 is 0.818 bits per heavy atom. The average Bonchev–Trinajstić information content (AvgIpc) is 1.12. The minimum absolute atomic E-state index is 0. The van der Waals surface area contributed by atoms with Gasteiger partial charge in [0.15, 0.2) is 18.7 Å². The molecule has 0 aliphatic heterocycles. The predicted molar refractivity (Wildman–Crippen MR) is 31.1 cm³/mol. The minimum atomic E-state index is -4.44. The molecule has 0 aliphatic carbocycles. The third-order valence-electron chi connectivity index (χ3n) is 0. The van der Waals surface area contributed by atoms with Gasteiger partial charge in [-0.15, -0.1) is 0 Å². The Kier molecular flexibility index (Phi) is 10.5. The molecule has 0 spiro atoms. The zero-order valence-corrected chi connectivity index (χ0v) is 8.41. The summed E-state index contributed by atoms with van der Waals surface area (Å²) in [6, 6.07) is 0. The van der Waals surface area contributed by atoms with Crippen molar-refractivity contribution < 1.29 is 43.0 Å². The summed E-state index contributed by atoms with van der Waals surface area (Å²) in [7, 11) is -0.995. The van der Waals surface area contributed by atoms with E-state index in [1.54, 1.807) is 0 Å². The van der Waals surface area contributed by atoms with Gasteiger partial charge in [-0.25, -0.2) is 16.8 Å². The van der Waals surface area contributed by atoms with Crippen LogP contribution in [0.4, 0.5) is 0 Å². The van der Waals surface area contributed by atoms with Crippen molar-refractivity contribution in [3.63, 3.8) is 0 Å². The third kappa shape index (κ3) is 1030. The average molecular weight is 295 g/mol. The third-order valence-corrected chi connectivity index (χ3v) is 0. The van der Waals surface area contributed by atoms with Crippen LogP contribution in [0.15, 0.2) is 0 Å². The summed E-state index contributed by atoms with van der Waals surface area (Å²) in [5.74, 6) is 0. The summed E-state index contributed by atoms with van der Waals surface area (Å²) in [5.41, 5.74) is 0. The molecule has 73 valence electrons. The van der Waals surface area contributed by atoms with E-state index in [-0.39, 0.29) is 17.1 Å². The molecule has 0 aliphatic rings. The van der Waals surface area contributed by atoms with Gasteiger partial charge in [-0.05, 0) is 0 Å². The number of hydrogen-bond donors (Lipinski definition) is 0. The van der Waals surface area contributed by atoms with Gasteiger partial charge in [0.1, 0.15) is 0 Å². The van der Waals surface area contributed by atoms with Crippen LogP contribution >= 0.6 is 21.4 Å². The summed E-state index contributed by atoms with van der Waals surface area (Å²) in [6.45, 7) is 0. The van der Waals surface area contributed by atoms with Crippen molar-refractivity contribution in [2.75, 3.05) is 0 Å². The summed E-state index contributed by atoms with van der Waals surface area (Å²) < 4.78 is 53.1. The summed E-state index contributed by atoms with van der Waals surface area (Å²) >= 11 is 0. The smallest absolute Gasteiger partial charge is 0.735 e. The first-order chi connectivity index (χ1) is 4.00. The van der Waals surface area contributed by atoms with E-state index in [4.69, 9.17) is 25.9 Å². The van der Waals surface area contributed by atoms with Gasteiger partial charge < -0.3 is 9.11 Å². The summed E-state index contributed by atoms with van der Waals surface area (Å²) in [5, 5.41) is 0. The first-order valence-electron chi connectivity index (χ1n) is 1.31. The maximum Gasteiger partial charge on any atom is 2.00 e. The molecule has 0 aromatic rings. The molecule has 0 rings (SSSR count). The molecular weight excluding hydrogens is 295 g/mol. The number of halogens is 2. The van der Waals surface area contributed by atoms with Crippen LogP contribution in [0.2, 0.25) is 0 Å². The quantitative estimate of drug-likeness (QED) is 0.334. The molecular formula is Cl2CuO6S2. The Morgan fingerprint density at radius 3 is 0.818 bits per heavy atom. The first-order valence-corrected chi connectivity index (χ1v) is 5.78. The molecule has 0 saturated heterocycles. The van der Waals surface area contributed by atoms with E-state index in [2.05, 4.69) is 21.4 Å². The van der Waals surface area contributed by atoms with Crippen LogP contribution in [0.5, 0.6) is 0 Å². The van der Waals surface area contributed by atoms with E-state index >= 15 is 0 Å². The van der Waals surface area contributed by atoms with Crippen LogP contribution in [-0.4, -0.2) is 25.9 Å². The fourth-order valence-electron chi connectivity index (χ4n) is 0. The van der Waals surface area contributed by atoms with E-state index in [0.29, 0.717) is 0 Å². The van der Waals surface area contributed by atoms with Crippen LogP contribution < -0.4 is 0 Å². The normalized spacial score (nSPS) is 10.5. The van der Waals surface area contributed by atoms with Crippen LogP contribution in [0.1, 0.15) is 0 Å². The van der Waals surface area contributed by atoms with E-state index in [1.807, 2.05) is 0 Å². The summed E-state index contributed by atoms with van der Waals surface area (Å²) in [4.78, 5) is 0. The van der Waals surface area contributed by atoms with Gasteiger partial charge in [0.25, 0.3) is 0 Å². The van der Waals surface area contributed by atoms with Gasteiger partial charge in [0.2, 0.25) is 0 Å². The van der Waals surface area contributed by atoms with Crippen LogP contribution in [0.3, 0.4) is 0 Å². The first kappa shape index (κ1) is 17.9. The monoisotopic (exact) mass is 293 g/mol. The van der Waals surface area contributed by atoms with Crippen molar-refractivity contribution in [1.29, 1.82) is 0 Å². The second kappa shape index (κ2) is 6.44. The Morgan fingerprint density at radius 2 is 0.818 bits per heavy atom. The SMILES string of the molecule is O=S(=O)([O-])Cl.O=S(=O)([O-])Cl.[Cu+2]. The van der Waals surface area contributed by atoms with Crippen molar-refractivity contribution >= 4 is 40.0 Å². The molecule has 0 heterocycles. The van der Waals surface area contributed by atoms with Gasteiger partial charge in [-0.2, -0.15) is 0 Å². The molecule has 1 radical (unpaired) electrons. The van der Waals surface area contributed by atoms with Crippen molar-refractivity contribution in [3.8, 4) is 0 Å². The zero-order chi connectivity index (χ0) is 9.00. The molecule has 0 atom stereocenters. The molecule has 11 heavy (non-hydrogen) atoms. The fourth-order valence-corrected chi connectivity index (χ4v) is 0. The largest absolute Gasteiger partial charge is 2.00 e. The number of rotatable bonds is 0. The molecule has 0 N–H and O–H groups in total. The van der Waals surface area contributed by atoms with Crippen molar-refractivity contribution in [2.24, 2.45) is 0 Å². The molecule has 0 bridgehead atoms. The summed E-state index contributed by atoms with van der Waals surface area (Å²) in [6.07, 6.45) is 0. The molecule has 0 fully saturated rings. The molecule has 0 unspecified atom stereocenters. The molecule has 6 nitrogen and oxygen atoms in total. The Hall–Kier alpha value is 0.919. The number of hydrogen-bond acceptors (Lipinski definition) is 6. The maximum atomic E-state index is 8.84. The predicted octanol–water partition coefficient (Wildman–Crippen LogP) is -0.632. The van der Waals surface area contributed by atoms with Crippen molar-refractivity contribution in [1.82, 2.24) is 0 Å². The minimum Gasteiger partial charge on any atom is -0.735 e. The Balaban J connectivity index is -0.000000107. The fraction of sp³-hybridized carbons (Fsp3) is 0. The molecule has 0 amide bonds. The van der Waals surface area contributed by atoms with Gasteiger partial charge in [-0.3, -0.25) is 0 Å². The van der Waals surface area contributed by atoms with Gasteiger partial charge in [-0.1, -0.05) is 0 Å². The van der Waals surface area contributed by atoms with Gasteiger partial charge >= 0.3 is 17.1 Å². The Bertz CT molecular complexity index is 215. The maximum absolute atomic E-state index is 8.84. The molecule has 11 heteroatoms. The second-order valence-electron chi connectivity index (χ2n) is 0.786. The van der Waals surface area contributed by atoms with Crippen molar-refractivity contribution in [3.05, 3.63) is 0 Å². The second-order valence-corrected chi connectivity index (χ2v) is 4.63.